The van der Waals surface area contributed by atoms with Gasteiger partial charge in [-0.1, -0.05) is 57.2 Å². The van der Waals surface area contributed by atoms with Crippen LogP contribution in [-0.4, -0.2) is 32.6 Å². The number of phenolic OH excluding ortho intramolecular Hbond substituents is 1. The van der Waals surface area contributed by atoms with E-state index in [2.05, 4.69) is 21.2 Å². The number of hydrogen-bond acceptors (Lipinski definition) is 7. The topological polar surface area (TPSA) is 109 Å². The number of alkyl halides is 3. The molecule has 8 nitrogen and oxygen atoms in total. The van der Waals surface area contributed by atoms with E-state index in [0.717, 1.165) is 50.7 Å². The fourth-order valence-corrected chi connectivity index (χ4v) is 8.29. The van der Waals surface area contributed by atoms with Gasteiger partial charge in [0.05, 0.1) is 22.2 Å². The summed E-state index contributed by atoms with van der Waals surface area (Å²) in [5, 5.41) is 11.4. The molecule has 2 N–H and O–H groups in total. The standard InChI is InChI=1S/C29H19BrF3N3O5S2/c30-16-6-4-14(5-7-16)21-22-23(26(40)36(25(22)39)18-3-1-2-15(12-18)29(31,32)33)42-27-24(21)43-28(41)35(27)13-20(38)34-17-8-10-19(37)11-9-17/h1-12,21-23,37H,13H2,(H,34,38)/t21-,22-,23+/m0/s1. The molecule has 1 aromatic heterocycles. The predicted molar refractivity (Wildman–Crippen MR) is 158 cm³/mol. The van der Waals surface area contributed by atoms with Crippen molar-refractivity contribution in [1.82, 2.24) is 4.57 Å². The van der Waals surface area contributed by atoms with Gasteiger partial charge in [-0.2, -0.15) is 13.2 Å². The van der Waals surface area contributed by atoms with Gasteiger partial charge in [0.25, 0.3) is 0 Å². The lowest BCUT2D eigenvalue weighted by Gasteiger charge is -2.30. The zero-order valence-electron chi connectivity index (χ0n) is 21.7. The van der Waals surface area contributed by atoms with Crippen molar-refractivity contribution in [1.29, 1.82) is 0 Å². The summed E-state index contributed by atoms with van der Waals surface area (Å²) in [7, 11) is 0. The van der Waals surface area contributed by atoms with Gasteiger partial charge in [-0.3, -0.25) is 23.7 Å². The van der Waals surface area contributed by atoms with E-state index in [4.69, 9.17) is 0 Å². The van der Waals surface area contributed by atoms with Crippen LogP contribution in [0.2, 0.25) is 0 Å². The second kappa shape index (κ2) is 11.0. The van der Waals surface area contributed by atoms with Crippen molar-refractivity contribution in [2.75, 3.05) is 10.2 Å². The summed E-state index contributed by atoms with van der Waals surface area (Å²) in [6, 6.07) is 16.8. The van der Waals surface area contributed by atoms with E-state index in [-0.39, 0.29) is 18.0 Å². The molecule has 3 aromatic carbocycles. The van der Waals surface area contributed by atoms with Gasteiger partial charge in [-0.15, -0.1) is 0 Å². The molecule has 0 saturated carbocycles. The summed E-state index contributed by atoms with van der Waals surface area (Å²) in [5.41, 5.74) is -0.156. The van der Waals surface area contributed by atoms with Crippen LogP contribution in [0, 0.1) is 5.92 Å². The number of nitrogens with zero attached hydrogens (tertiary/aromatic N) is 2. The quantitative estimate of drug-likeness (QED) is 0.202. The Morgan fingerprint density at radius 3 is 2.35 bits per heavy atom. The van der Waals surface area contributed by atoms with Crippen LogP contribution < -0.4 is 15.1 Å². The second-order valence-corrected chi connectivity index (χ2v) is 12.9. The Labute approximate surface area is 258 Å². The molecule has 3 amide bonds. The molecule has 2 aliphatic rings. The van der Waals surface area contributed by atoms with Crippen LogP contribution in [0.4, 0.5) is 24.5 Å². The lowest BCUT2D eigenvalue weighted by Crippen LogP contribution is -2.33. The Kier molecular flexibility index (Phi) is 7.47. The Morgan fingerprint density at radius 1 is 0.977 bits per heavy atom. The highest BCUT2D eigenvalue weighted by molar-refractivity contribution is 9.10. The number of fused-ring (bicyclic) bond motifs is 2. The molecule has 2 aliphatic heterocycles. The molecule has 0 bridgehead atoms. The average molecular weight is 691 g/mol. The number of thiazole rings is 1. The molecule has 0 aliphatic carbocycles. The normalized spacial score (nSPS) is 19.7. The zero-order chi connectivity index (χ0) is 30.6. The third-order valence-corrected chi connectivity index (χ3v) is 10.3. The van der Waals surface area contributed by atoms with Crippen LogP contribution in [0.1, 0.15) is 21.9 Å². The van der Waals surface area contributed by atoms with E-state index in [0.29, 0.717) is 21.2 Å². The van der Waals surface area contributed by atoms with Crippen molar-refractivity contribution in [2.45, 2.75) is 28.9 Å². The monoisotopic (exact) mass is 689 g/mol. The maximum Gasteiger partial charge on any atom is 0.416 e. The highest BCUT2D eigenvalue weighted by Crippen LogP contribution is 2.54. The van der Waals surface area contributed by atoms with Gasteiger partial charge in [0, 0.05) is 21.0 Å². The average Bonchev–Trinajstić information content (AvgIpc) is 3.40. The molecule has 0 spiro atoms. The first kappa shape index (κ1) is 29.2. The number of benzene rings is 3. The highest BCUT2D eigenvalue weighted by Gasteiger charge is 2.57. The van der Waals surface area contributed by atoms with E-state index in [1.165, 1.54) is 34.9 Å². The number of halogens is 4. The van der Waals surface area contributed by atoms with Crippen LogP contribution in [0.25, 0.3) is 0 Å². The molecule has 1 saturated heterocycles. The van der Waals surface area contributed by atoms with Gasteiger partial charge in [-0.05, 0) is 60.2 Å². The van der Waals surface area contributed by atoms with E-state index >= 15 is 0 Å². The molecular weight excluding hydrogens is 671 g/mol. The minimum absolute atomic E-state index is 0.0148. The van der Waals surface area contributed by atoms with Crippen molar-refractivity contribution in [3.8, 4) is 5.75 Å². The number of amides is 3. The Balaban J connectivity index is 1.40. The molecule has 1 fully saturated rings. The molecule has 220 valence electrons. The molecule has 3 heterocycles. The number of carbonyl (C=O) groups is 3. The number of rotatable bonds is 5. The maximum atomic E-state index is 13.9. The molecule has 43 heavy (non-hydrogen) atoms. The highest BCUT2D eigenvalue weighted by atomic mass is 79.9. The van der Waals surface area contributed by atoms with Gasteiger partial charge in [0.1, 0.15) is 17.5 Å². The lowest BCUT2D eigenvalue weighted by atomic mass is 9.83. The third kappa shape index (κ3) is 5.38. The van der Waals surface area contributed by atoms with Crippen LogP contribution in [0.3, 0.4) is 0 Å². The van der Waals surface area contributed by atoms with Crippen molar-refractivity contribution < 1.29 is 32.7 Å². The first-order chi connectivity index (χ1) is 20.4. The fourth-order valence-electron chi connectivity index (χ4n) is 5.25. The van der Waals surface area contributed by atoms with Crippen LogP contribution in [0.15, 0.2) is 87.1 Å². The molecule has 6 rings (SSSR count). The van der Waals surface area contributed by atoms with Gasteiger partial charge in [0.2, 0.25) is 17.7 Å². The third-order valence-electron chi connectivity index (χ3n) is 7.16. The minimum Gasteiger partial charge on any atom is -0.508 e. The van der Waals surface area contributed by atoms with Gasteiger partial charge in [0.15, 0.2) is 0 Å². The summed E-state index contributed by atoms with van der Waals surface area (Å²) in [4.78, 5) is 54.7. The van der Waals surface area contributed by atoms with E-state index in [9.17, 15) is 37.5 Å². The molecule has 14 heteroatoms. The Bertz CT molecular complexity index is 1820. The second-order valence-electron chi connectivity index (χ2n) is 9.87. The molecule has 4 aromatic rings. The van der Waals surface area contributed by atoms with Gasteiger partial charge >= 0.3 is 11.0 Å². The first-order valence-corrected chi connectivity index (χ1v) is 15.2. The van der Waals surface area contributed by atoms with E-state index in [1.807, 2.05) is 0 Å². The minimum atomic E-state index is -4.68. The SMILES string of the molecule is O=C(Cn1c2c(sc1=O)[C@@H](c1ccc(Br)cc1)[C@@H]1C(=O)N(c3cccc(C(F)(F)F)c3)C(=O)[C@@H]1S2)Nc1ccc(O)cc1. The van der Waals surface area contributed by atoms with Crippen LogP contribution >= 0.6 is 39.0 Å². The maximum absolute atomic E-state index is 13.9. The van der Waals surface area contributed by atoms with Crippen molar-refractivity contribution >= 4 is 68.1 Å². The number of carbonyl (C=O) groups excluding carboxylic acids is 3. The number of aromatic nitrogens is 1. The number of hydrogen-bond donors (Lipinski definition) is 2. The molecule has 0 radical (unpaired) electrons. The smallest absolute Gasteiger partial charge is 0.416 e. The Hall–Kier alpha value is -3.88. The summed E-state index contributed by atoms with van der Waals surface area (Å²) >= 11 is 5.20. The lowest BCUT2D eigenvalue weighted by molar-refractivity contribution is -0.137. The van der Waals surface area contributed by atoms with Crippen LogP contribution in [0.5, 0.6) is 5.75 Å². The van der Waals surface area contributed by atoms with Crippen molar-refractivity contribution in [3.05, 3.63) is 103 Å². The summed E-state index contributed by atoms with van der Waals surface area (Å²) in [5.74, 6) is -3.65. The predicted octanol–water partition coefficient (Wildman–Crippen LogP) is 5.83. The number of aromatic hydroxyl groups is 1. The van der Waals surface area contributed by atoms with Crippen LogP contribution in [-0.2, 0) is 27.1 Å². The number of phenols is 1. The Morgan fingerprint density at radius 2 is 1.67 bits per heavy atom. The van der Waals surface area contributed by atoms with E-state index in [1.54, 1.807) is 24.3 Å². The first-order valence-electron chi connectivity index (χ1n) is 12.7. The largest absolute Gasteiger partial charge is 0.508 e. The summed E-state index contributed by atoms with van der Waals surface area (Å²) in [6.07, 6.45) is -4.68. The number of imide groups is 1. The summed E-state index contributed by atoms with van der Waals surface area (Å²) < 4.78 is 42.4. The molecule has 0 unspecified atom stereocenters. The van der Waals surface area contributed by atoms with Gasteiger partial charge < -0.3 is 10.4 Å². The van der Waals surface area contributed by atoms with Crippen molar-refractivity contribution in [3.63, 3.8) is 0 Å². The molecule has 3 atom stereocenters. The van der Waals surface area contributed by atoms with E-state index < -0.39 is 51.4 Å². The number of nitrogens with one attached hydrogen (secondary N) is 1. The molecular formula is C29H19BrF3N3O5S2. The number of thioether (sulfide) groups is 1. The summed E-state index contributed by atoms with van der Waals surface area (Å²) in [6.45, 7) is -0.386. The number of anilines is 2. The fraction of sp³-hybridized carbons (Fsp3) is 0.172. The van der Waals surface area contributed by atoms with Gasteiger partial charge in [-0.25, -0.2) is 4.90 Å². The van der Waals surface area contributed by atoms with Crippen molar-refractivity contribution in [2.24, 2.45) is 5.92 Å². The zero-order valence-corrected chi connectivity index (χ0v) is 24.9.